The van der Waals surface area contributed by atoms with Gasteiger partial charge >= 0.3 is 0 Å². The van der Waals surface area contributed by atoms with Gasteiger partial charge in [-0.3, -0.25) is 0 Å². The molecule has 0 nitrogen and oxygen atoms in total. The summed E-state index contributed by atoms with van der Waals surface area (Å²) in [7, 11) is 0. The van der Waals surface area contributed by atoms with Crippen LogP contribution in [0.2, 0.25) is 0 Å². The molecule has 0 aliphatic carbocycles. The predicted octanol–water partition coefficient (Wildman–Crippen LogP) is 12.2. The number of benzene rings is 6. The summed E-state index contributed by atoms with van der Waals surface area (Å²) in [6.45, 7) is 26.3. The van der Waals surface area contributed by atoms with Crippen molar-refractivity contribution in [1.82, 2.24) is 0 Å². The van der Waals surface area contributed by atoms with E-state index in [1.54, 1.807) is 0 Å². The van der Waals surface area contributed by atoms with Crippen LogP contribution < -0.4 is 0 Å². The van der Waals surface area contributed by atoms with E-state index in [0.717, 1.165) is 0 Å². The Balaban J connectivity index is 0.000000145. The molecule has 216 valence electrons. The number of hydrogen-bond donors (Lipinski definition) is 0. The van der Waals surface area contributed by atoms with Crippen LogP contribution >= 0.6 is 0 Å². The third kappa shape index (κ3) is 6.00. The van der Waals surface area contributed by atoms with Crippen molar-refractivity contribution >= 4 is 32.3 Å². The molecular weight excluding hydrogens is 504 g/mol. The SMILES string of the molecule is Cc1c(C)c(C)c2ccccc2c1C.Cc1cc2c(C)ccc(C)c2cc1C.Cc1cc2c(C)cccc2c(C)c1C. The summed E-state index contributed by atoms with van der Waals surface area (Å²) < 4.78 is 0. The molecule has 0 aliphatic heterocycles. The fourth-order valence-electron chi connectivity index (χ4n) is 6.02. The molecule has 0 saturated carbocycles. The van der Waals surface area contributed by atoms with Crippen molar-refractivity contribution in [3.63, 3.8) is 0 Å². The minimum Gasteiger partial charge on any atom is -0.0616 e. The summed E-state index contributed by atoms with van der Waals surface area (Å²) in [6.07, 6.45) is 0. The maximum Gasteiger partial charge on any atom is -0.0149 e. The third-order valence-electron chi connectivity index (χ3n) is 9.73. The summed E-state index contributed by atoms with van der Waals surface area (Å²) in [4.78, 5) is 0. The van der Waals surface area contributed by atoms with Gasteiger partial charge in [0.2, 0.25) is 0 Å². The fraction of sp³-hybridized carbons (Fsp3) is 0.286. The fourth-order valence-corrected chi connectivity index (χ4v) is 6.02. The highest BCUT2D eigenvalue weighted by Gasteiger charge is 2.08. The standard InChI is InChI=1S/3C14H16/c1-9-5-6-10(2)14-8-12(4)11(3)7-13(9)14;1-9-6-5-7-13-12(4)11(3)10(2)8-14(9)13;1-9-10(2)12(4)14-8-6-5-7-13(14)11(9)3/h3*5-8H,1-4H3. The lowest BCUT2D eigenvalue weighted by molar-refractivity contribution is 1.25. The largest absolute Gasteiger partial charge is 0.0616 e. The Kier molecular flexibility index (Phi) is 9.27. The van der Waals surface area contributed by atoms with Gasteiger partial charge in [0.25, 0.3) is 0 Å². The van der Waals surface area contributed by atoms with Crippen molar-refractivity contribution in [3.05, 3.63) is 140 Å². The van der Waals surface area contributed by atoms with Crippen molar-refractivity contribution in [2.75, 3.05) is 0 Å². The number of aryl methyl sites for hydroxylation is 9. The molecule has 42 heavy (non-hydrogen) atoms. The molecule has 0 N–H and O–H groups in total. The lowest BCUT2D eigenvalue weighted by atomic mass is 9.92. The second-order valence-corrected chi connectivity index (χ2v) is 12.3. The smallest absolute Gasteiger partial charge is 0.0149 e. The minimum absolute atomic E-state index is 1.37. The van der Waals surface area contributed by atoms with E-state index < -0.39 is 0 Å². The van der Waals surface area contributed by atoms with Crippen LogP contribution in [-0.4, -0.2) is 0 Å². The van der Waals surface area contributed by atoms with E-state index in [0.29, 0.717) is 0 Å². The van der Waals surface area contributed by atoms with Gasteiger partial charge in [0.1, 0.15) is 0 Å². The Morgan fingerprint density at radius 2 is 0.571 bits per heavy atom. The number of rotatable bonds is 0. The highest BCUT2D eigenvalue weighted by atomic mass is 14.1. The monoisotopic (exact) mass is 552 g/mol. The topological polar surface area (TPSA) is 0 Å². The van der Waals surface area contributed by atoms with Gasteiger partial charge in [0.15, 0.2) is 0 Å². The summed E-state index contributed by atoms with van der Waals surface area (Å²) >= 11 is 0. The van der Waals surface area contributed by atoms with Crippen LogP contribution in [0.5, 0.6) is 0 Å². The van der Waals surface area contributed by atoms with E-state index in [-0.39, 0.29) is 0 Å². The van der Waals surface area contributed by atoms with Crippen LogP contribution in [0, 0.1) is 83.1 Å². The first-order chi connectivity index (χ1) is 19.8. The quantitative estimate of drug-likeness (QED) is 0.176. The van der Waals surface area contributed by atoms with E-state index >= 15 is 0 Å². The van der Waals surface area contributed by atoms with Crippen LogP contribution in [0.1, 0.15) is 66.8 Å². The zero-order valence-corrected chi connectivity index (χ0v) is 27.9. The van der Waals surface area contributed by atoms with Gasteiger partial charge in [0.05, 0.1) is 0 Å². The molecule has 0 amide bonds. The second kappa shape index (κ2) is 12.5. The Morgan fingerprint density at radius 1 is 0.238 bits per heavy atom. The Labute approximate surface area is 254 Å². The molecule has 0 heterocycles. The molecule has 0 aliphatic rings. The average Bonchev–Trinajstić information content (AvgIpc) is 2.98. The Hall–Kier alpha value is -3.90. The molecule has 0 saturated heterocycles. The van der Waals surface area contributed by atoms with Gasteiger partial charge in [-0.1, -0.05) is 72.8 Å². The van der Waals surface area contributed by atoms with E-state index in [9.17, 15) is 0 Å². The van der Waals surface area contributed by atoms with Crippen LogP contribution in [-0.2, 0) is 0 Å². The molecule has 0 atom stereocenters. The molecule has 6 aromatic carbocycles. The van der Waals surface area contributed by atoms with Crippen molar-refractivity contribution in [2.24, 2.45) is 0 Å². The van der Waals surface area contributed by atoms with Crippen molar-refractivity contribution in [3.8, 4) is 0 Å². The van der Waals surface area contributed by atoms with Crippen LogP contribution in [0.3, 0.4) is 0 Å². The van der Waals surface area contributed by atoms with Gasteiger partial charge in [-0.15, -0.1) is 0 Å². The first-order valence-electron chi connectivity index (χ1n) is 15.2. The highest BCUT2D eigenvalue weighted by molar-refractivity contribution is 5.91. The van der Waals surface area contributed by atoms with Crippen LogP contribution in [0.4, 0.5) is 0 Å². The maximum atomic E-state index is 2.30. The molecule has 0 heteroatoms. The summed E-state index contributed by atoms with van der Waals surface area (Å²) in [5.74, 6) is 0. The molecule has 0 spiro atoms. The number of hydrogen-bond acceptors (Lipinski definition) is 0. The van der Waals surface area contributed by atoms with Gasteiger partial charge in [-0.25, -0.2) is 0 Å². The van der Waals surface area contributed by atoms with E-state index in [2.05, 4.69) is 156 Å². The number of fused-ring (bicyclic) bond motifs is 3. The molecule has 0 unspecified atom stereocenters. The van der Waals surface area contributed by atoms with Crippen molar-refractivity contribution < 1.29 is 0 Å². The molecule has 0 bridgehead atoms. The van der Waals surface area contributed by atoms with E-state index in [1.807, 2.05) is 0 Å². The van der Waals surface area contributed by atoms with Gasteiger partial charge in [-0.2, -0.15) is 0 Å². The zero-order valence-electron chi connectivity index (χ0n) is 27.9. The molecule has 0 radical (unpaired) electrons. The molecule has 0 fully saturated rings. The second-order valence-electron chi connectivity index (χ2n) is 12.3. The maximum absolute atomic E-state index is 2.30. The van der Waals surface area contributed by atoms with E-state index in [4.69, 9.17) is 0 Å². The highest BCUT2D eigenvalue weighted by Crippen LogP contribution is 2.29. The Morgan fingerprint density at radius 3 is 1.05 bits per heavy atom. The predicted molar refractivity (Wildman–Crippen MR) is 189 cm³/mol. The zero-order chi connectivity index (χ0) is 30.9. The third-order valence-corrected chi connectivity index (χ3v) is 9.73. The lowest BCUT2D eigenvalue weighted by Gasteiger charge is -2.13. The first-order valence-corrected chi connectivity index (χ1v) is 15.2. The first kappa shape index (κ1) is 31.0. The Bertz CT molecular complexity index is 1790. The lowest BCUT2D eigenvalue weighted by Crippen LogP contribution is -1.93. The normalized spacial score (nSPS) is 10.9. The average molecular weight is 553 g/mol. The van der Waals surface area contributed by atoms with Crippen LogP contribution in [0.15, 0.2) is 72.8 Å². The van der Waals surface area contributed by atoms with E-state index in [1.165, 1.54) is 99.1 Å². The summed E-state index contributed by atoms with van der Waals surface area (Å²) in [5, 5.41) is 8.38. The molecule has 6 aromatic rings. The summed E-state index contributed by atoms with van der Waals surface area (Å²) in [5.41, 5.74) is 16.8. The van der Waals surface area contributed by atoms with Crippen LogP contribution in [0.25, 0.3) is 32.3 Å². The minimum atomic E-state index is 1.37. The van der Waals surface area contributed by atoms with Gasteiger partial charge in [-0.05, 0) is 182 Å². The van der Waals surface area contributed by atoms with Gasteiger partial charge in [0, 0.05) is 0 Å². The molecule has 6 rings (SSSR count). The summed E-state index contributed by atoms with van der Waals surface area (Å²) in [6, 6.07) is 26.5. The van der Waals surface area contributed by atoms with Gasteiger partial charge < -0.3 is 0 Å². The van der Waals surface area contributed by atoms with Crippen molar-refractivity contribution in [1.29, 1.82) is 0 Å². The van der Waals surface area contributed by atoms with Crippen molar-refractivity contribution in [2.45, 2.75) is 83.1 Å². The molecule has 0 aromatic heterocycles. The molecular formula is C42H48.